The van der Waals surface area contributed by atoms with E-state index < -0.39 is 0 Å². The maximum atomic E-state index is 12.2. The molecule has 104 valence electrons. The molecule has 1 amide bonds. The number of benzene rings is 1. The molecular weight excluding hydrogens is 236 g/mol. The van der Waals surface area contributed by atoms with E-state index in [1.54, 1.807) is 0 Å². The van der Waals surface area contributed by atoms with Crippen LogP contribution in [0.3, 0.4) is 0 Å². The molecule has 2 rings (SSSR count). The number of amides is 1. The number of hydrogen-bond acceptors (Lipinski definition) is 2. The van der Waals surface area contributed by atoms with Gasteiger partial charge in [-0.3, -0.25) is 4.79 Å². The van der Waals surface area contributed by atoms with Crippen molar-refractivity contribution in [1.29, 1.82) is 0 Å². The van der Waals surface area contributed by atoms with Gasteiger partial charge in [-0.05, 0) is 43.7 Å². The molecule has 1 aromatic carbocycles. The summed E-state index contributed by atoms with van der Waals surface area (Å²) in [6, 6.07) is 7.80. The number of carbonyl (C=O) groups excluding carboxylic acids is 1. The molecule has 3 nitrogen and oxygen atoms in total. The van der Waals surface area contributed by atoms with Crippen LogP contribution >= 0.6 is 0 Å². The SMILES string of the molecule is CCN(CC1CCC1)C(=O)CCc1ccccc1N. The van der Waals surface area contributed by atoms with Crippen molar-refractivity contribution in [2.24, 2.45) is 5.92 Å². The fraction of sp³-hybridized carbons (Fsp3) is 0.562. The highest BCUT2D eigenvalue weighted by Crippen LogP contribution is 2.27. The second kappa shape index (κ2) is 6.60. The molecule has 0 unspecified atom stereocenters. The lowest BCUT2D eigenvalue weighted by Crippen LogP contribution is -2.37. The van der Waals surface area contributed by atoms with Crippen molar-refractivity contribution in [3.05, 3.63) is 29.8 Å². The van der Waals surface area contributed by atoms with Crippen LogP contribution in [-0.2, 0) is 11.2 Å². The average Bonchev–Trinajstić information content (AvgIpc) is 2.36. The quantitative estimate of drug-likeness (QED) is 0.799. The Hall–Kier alpha value is -1.51. The predicted molar refractivity (Wildman–Crippen MR) is 78.8 cm³/mol. The average molecular weight is 260 g/mol. The van der Waals surface area contributed by atoms with Gasteiger partial charge in [0.25, 0.3) is 0 Å². The van der Waals surface area contributed by atoms with E-state index in [4.69, 9.17) is 5.73 Å². The van der Waals surface area contributed by atoms with Crippen LogP contribution < -0.4 is 5.73 Å². The number of carbonyl (C=O) groups is 1. The minimum atomic E-state index is 0.262. The van der Waals surface area contributed by atoms with Crippen molar-refractivity contribution >= 4 is 11.6 Å². The number of nitrogen functional groups attached to an aromatic ring is 1. The van der Waals surface area contributed by atoms with E-state index in [2.05, 4.69) is 6.92 Å². The number of para-hydroxylation sites is 1. The molecule has 1 aliphatic rings. The number of anilines is 1. The van der Waals surface area contributed by atoms with Gasteiger partial charge in [0, 0.05) is 25.2 Å². The fourth-order valence-electron chi connectivity index (χ4n) is 2.56. The highest BCUT2D eigenvalue weighted by molar-refractivity contribution is 5.76. The maximum Gasteiger partial charge on any atom is 0.222 e. The van der Waals surface area contributed by atoms with Crippen LogP contribution in [0.15, 0.2) is 24.3 Å². The summed E-state index contributed by atoms with van der Waals surface area (Å²) in [7, 11) is 0. The highest BCUT2D eigenvalue weighted by Gasteiger charge is 2.22. The minimum Gasteiger partial charge on any atom is -0.399 e. The summed E-state index contributed by atoms with van der Waals surface area (Å²) in [6.07, 6.45) is 5.21. The number of nitrogens with two attached hydrogens (primary N) is 1. The summed E-state index contributed by atoms with van der Waals surface area (Å²) in [6.45, 7) is 3.83. The lowest BCUT2D eigenvalue weighted by Gasteiger charge is -2.31. The van der Waals surface area contributed by atoms with Gasteiger partial charge in [0.15, 0.2) is 0 Å². The zero-order valence-electron chi connectivity index (χ0n) is 11.8. The fourth-order valence-corrected chi connectivity index (χ4v) is 2.56. The second-order valence-corrected chi connectivity index (χ2v) is 5.43. The van der Waals surface area contributed by atoms with E-state index >= 15 is 0 Å². The first kappa shape index (κ1) is 13.9. The number of hydrogen-bond donors (Lipinski definition) is 1. The number of nitrogens with zero attached hydrogens (tertiary/aromatic N) is 1. The van der Waals surface area contributed by atoms with Gasteiger partial charge in [-0.15, -0.1) is 0 Å². The van der Waals surface area contributed by atoms with Gasteiger partial charge in [0.2, 0.25) is 5.91 Å². The van der Waals surface area contributed by atoms with Gasteiger partial charge in [-0.25, -0.2) is 0 Å². The van der Waals surface area contributed by atoms with E-state index in [0.717, 1.165) is 36.7 Å². The largest absolute Gasteiger partial charge is 0.399 e. The minimum absolute atomic E-state index is 0.262. The summed E-state index contributed by atoms with van der Waals surface area (Å²) < 4.78 is 0. The van der Waals surface area contributed by atoms with Gasteiger partial charge >= 0.3 is 0 Å². The van der Waals surface area contributed by atoms with Crippen LogP contribution in [0.1, 0.15) is 38.2 Å². The first-order valence-corrected chi connectivity index (χ1v) is 7.32. The van der Waals surface area contributed by atoms with Crippen LogP contribution in [0.5, 0.6) is 0 Å². The molecule has 1 aromatic rings. The molecule has 2 N–H and O–H groups in total. The van der Waals surface area contributed by atoms with Crippen LogP contribution in [0.4, 0.5) is 5.69 Å². The molecule has 0 aromatic heterocycles. The van der Waals surface area contributed by atoms with E-state index in [-0.39, 0.29) is 5.91 Å². The third kappa shape index (κ3) is 3.72. The van der Waals surface area contributed by atoms with E-state index in [9.17, 15) is 4.79 Å². The van der Waals surface area contributed by atoms with Crippen LogP contribution in [-0.4, -0.2) is 23.9 Å². The van der Waals surface area contributed by atoms with Crippen LogP contribution in [0.25, 0.3) is 0 Å². The van der Waals surface area contributed by atoms with Crippen LogP contribution in [0.2, 0.25) is 0 Å². The Morgan fingerprint density at radius 3 is 2.68 bits per heavy atom. The Labute approximate surface area is 115 Å². The maximum absolute atomic E-state index is 12.2. The molecule has 1 fully saturated rings. The molecule has 19 heavy (non-hydrogen) atoms. The zero-order chi connectivity index (χ0) is 13.7. The van der Waals surface area contributed by atoms with Gasteiger partial charge in [0.05, 0.1) is 0 Å². The highest BCUT2D eigenvalue weighted by atomic mass is 16.2. The normalized spacial score (nSPS) is 15.0. The molecule has 3 heteroatoms. The smallest absolute Gasteiger partial charge is 0.222 e. The van der Waals surface area contributed by atoms with E-state index in [1.165, 1.54) is 19.3 Å². The molecule has 1 saturated carbocycles. The lowest BCUT2D eigenvalue weighted by molar-refractivity contribution is -0.132. The summed E-state index contributed by atoms with van der Waals surface area (Å²) in [5.41, 5.74) is 7.77. The number of rotatable bonds is 6. The monoisotopic (exact) mass is 260 g/mol. The third-order valence-corrected chi connectivity index (χ3v) is 4.10. The van der Waals surface area contributed by atoms with Gasteiger partial charge in [-0.1, -0.05) is 24.6 Å². The zero-order valence-corrected chi connectivity index (χ0v) is 11.8. The van der Waals surface area contributed by atoms with Gasteiger partial charge in [0.1, 0.15) is 0 Å². The van der Waals surface area contributed by atoms with Crippen molar-refractivity contribution in [3.63, 3.8) is 0 Å². The Morgan fingerprint density at radius 1 is 1.37 bits per heavy atom. The Balaban J connectivity index is 1.83. The molecule has 0 atom stereocenters. The molecule has 0 radical (unpaired) electrons. The standard InChI is InChI=1S/C16H24N2O/c1-2-18(12-13-6-5-7-13)16(19)11-10-14-8-3-4-9-15(14)17/h3-4,8-9,13H,2,5-7,10-12,17H2,1H3. The molecule has 1 aliphatic carbocycles. The van der Waals surface area contributed by atoms with Crippen LogP contribution in [0, 0.1) is 5.92 Å². The topological polar surface area (TPSA) is 46.3 Å². The number of aryl methyl sites for hydroxylation is 1. The Morgan fingerprint density at radius 2 is 2.11 bits per heavy atom. The first-order chi connectivity index (χ1) is 9.20. The van der Waals surface area contributed by atoms with Crippen molar-refractivity contribution in [1.82, 2.24) is 4.90 Å². The third-order valence-electron chi connectivity index (χ3n) is 4.10. The molecule has 0 aliphatic heterocycles. The second-order valence-electron chi connectivity index (χ2n) is 5.43. The van der Waals surface area contributed by atoms with Crippen molar-refractivity contribution in [2.45, 2.75) is 39.0 Å². The summed E-state index contributed by atoms with van der Waals surface area (Å²) in [5, 5.41) is 0. The molecule has 0 heterocycles. The lowest BCUT2D eigenvalue weighted by atomic mass is 9.85. The van der Waals surface area contributed by atoms with Crippen molar-refractivity contribution in [3.8, 4) is 0 Å². The summed E-state index contributed by atoms with van der Waals surface area (Å²) in [5.74, 6) is 1.00. The molecule has 0 spiro atoms. The molecule has 0 saturated heterocycles. The van der Waals surface area contributed by atoms with E-state index in [1.807, 2.05) is 29.2 Å². The predicted octanol–water partition coefficient (Wildman–Crippen LogP) is 2.85. The molecule has 0 bridgehead atoms. The Kier molecular flexibility index (Phi) is 4.83. The van der Waals surface area contributed by atoms with E-state index in [0.29, 0.717) is 6.42 Å². The molecular formula is C16H24N2O. The summed E-state index contributed by atoms with van der Waals surface area (Å²) in [4.78, 5) is 14.2. The van der Waals surface area contributed by atoms with Gasteiger partial charge in [-0.2, -0.15) is 0 Å². The summed E-state index contributed by atoms with van der Waals surface area (Å²) >= 11 is 0. The van der Waals surface area contributed by atoms with Crippen molar-refractivity contribution in [2.75, 3.05) is 18.8 Å². The first-order valence-electron chi connectivity index (χ1n) is 7.32. The van der Waals surface area contributed by atoms with Crippen molar-refractivity contribution < 1.29 is 4.79 Å². The Bertz CT molecular complexity index is 427. The van der Waals surface area contributed by atoms with Gasteiger partial charge < -0.3 is 10.6 Å².